The Balaban J connectivity index is 2.21. The van der Waals surface area contributed by atoms with Crippen LogP contribution in [-0.4, -0.2) is 45.9 Å². The number of carbonyl (C=O) groups is 1. The summed E-state index contributed by atoms with van der Waals surface area (Å²) in [6.07, 6.45) is 0.0366. The molecule has 1 aliphatic heterocycles. The van der Waals surface area contributed by atoms with Crippen molar-refractivity contribution in [3.05, 3.63) is 28.2 Å². The lowest BCUT2D eigenvalue weighted by molar-refractivity contribution is -0.0587. The van der Waals surface area contributed by atoms with E-state index in [-0.39, 0.29) is 23.7 Å². The molecule has 1 aromatic heterocycles. The second kappa shape index (κ2) is 5.52. The first-order valence-corrected chi connectivity index (χ1v) is 6.54. The fraction of sp³-hybridized carbons (Fsp3) is 0.615. The van der Waals surface area contributed by atoms with Gasteiger partial charge in [-0.1, -0.05) is 0 Å². The van der Waals surface area contributed by atoms with Crippen LogP contribution in [0.2, 0.25) is 0 Å². The third-order valence-electron chi connectivity index (χ3n) is 3.09. The van der Waals surface area contributed by atoms with Gasteiger partial charge >= 0.3 is 0 Å². The van der Waals surface area contributed by atoms with Gasteiger partial charge < -0.3 is 9.64 Å². The van der Waals surface area contributed by atoms with Gasteiger partial charge in [0.2, 0.25) is 0 Å². The maximum Gasteiger partial charge on any atom is 0.274 e. The summed E-state index contributed by atoms with van der Waals surface area (Å²) in [4.78, 5) is 25.6. The average Bonchev–Trinajstić information content (AvgIpc) is 2.37. The minimum absolute atomic E-state index is 0.0183. The van der Waals surface area contributed by atoms with Gasteiger partial charge in [0.15, 0.2) is 0 Å². The number of hydrogen-bond donors (Lipinski definition) is 0. The van der Waals surface area contributed by atoms with Gasteiger partial charge in [0.05, 0.1) is 12.2 Å². The first-order valence-electron chi connectivity index (χ1n) is 6.54. The van der Waals surface area contributed by atoms with Crippen LogP contribution in [0.1, 0.15) is 31.3 Å². The zero-order chi connectivity index (χ0) is 14.0. The summed E-state index contributed by atoms with van der Waals surface area (Å²) in [6.45, 7) is 7.26. The predicted octanol–water partition coefficient (Wildman–Crippen LogP) is 0.513. The lowest BCUT2D eigenvalue weighted by Crippen LogP contribution is -2.48. The van der Waals surface area contributed by atoms with Crippen molar-refractivity contribution in [1.82, 2.24) is 14.7 Å². The topological polar surface area (TPSA) is 64.4 Å². The molecule has 1 aliphatic rings. The van der Waals surface area contributed by atoms with E-state index in [0.717, 1.165) is 0 Å². The molecule has 2 rings (SSSR count). The highest BCUT2D eigenvalue weighted by Crippen LogP contribution is 2.12. The minimum atomic E-state index is -0.192. The summed E-state index contributed by atoms with van der Waals surface area (Å²) < 4.78 is 6.89. The van der Waals surface area contributed by atoms with Gasteiger partial charge in [-0.3, -0.25) is 9.59 Å². The fourth-order valence-electron chi connectivity index (χ4n) is 2.30. The Labute approximate surface area is 112 Å². The van der Waals surface area contributed by atoms with Crippen molar-refractivity contribution in [2.75, 3.05) is 13.1 Å². The molecule has 1 aromatic rings. The monoisotopic (exact) mass is 265 g/mol. The molecule has 0 radical (unpaired) electrons. The molecule has 0 bridgehead atoms. The molecule has 19 heavy (non-hydrogen) atoms. The number of morpholine rings is 1. The van der Waals surface area contributed by atoms with Crippen LogP contribution in [0.3, 0.4) is 0 Å². The van der Waals surface area contributed by atoms with Crippen molar-refractivity contribution in [2.24, 2.45) is 0 Å². The number of nitrogens with zero attached hydrogens (tertiary/aromatic N) is 3. The van der Waals surface area contributed by atoms with E-state index in [2.05, 4.69) is 5.10 Å². The summed E-state index contributed by atoms with van der Waals surface area (Å²) >= 11 is 0. The van der Waals surface area contributed by atoms with E-state index >= 15 is 0 Å². The van der Waals surface area contributed by atoms with Gasteiger partial charge in [0, 0.05) is 25.7 Å². The Kier molecular flexibility index (Phi) is 3.99. The predicted molar refractivity (Wildman–Crippen MR) is 70.1 cm³/mol. The summed E-state index contributed by atoms with van der Waals surface area (Å²) in [7, 11) is 0. The van der Waals surface area contributed by atoms with Crippen molar-refractivity contribution >= 4 is 5.91 Å². The number of carbonyl (C=O) groups excluding carboxylic acids is 1. The molecule has 6 nitrogen and oxygen atoms in total. The number of amides is 1. The minimum Gasteiger partial charge on any atom is -0.372 e. The van der Waals surface area contributed by atoms with Crippen LogP contribution in [0, 0.1) is 0 Å². The zero-order valence-corrected chi connectivity index (χ0v) is 11.5. The molecule has 2 unspecified atom stereocenters. The second-order valence-electron chi connectivity index (χ2n) is 4.84. The first kappa shape index (κ1) is 13.7. The van der Waals surface area contributed by atoms with Crippen LogP contribution in [0.5, 0.6) is 0 Å². The van der Waals surface area contributed by atoms with Crippen molar-refractivity contribution in [3.63, 3.8) is 0 Å². The molecule has 0 aliphatic carbocycles. The lowest BCUT2D eigenvalue weighted by Gasteiger charge is -2.35. The van der Waals surface area contributed by atoms with Crippen molar-refractivity contribution in [2.45, 2.75) is 39.5 Å². The first-order chi connectivity index (χ1) is 9.01. The molecule has 6 heteroatoms. The number of ether oxygens (including phenoxy) is 1. The van der Waals surface area contributed by atoms with Crippen LogP contribution in [0.15, 0.2) is 16.9 Å². The van der Waals surface area contributed by atoms with Gasteiger partial charge in [-0.05, 0) is 26.8 Å². The van der Waals surface area contributed by atoms with Crippen LogP contribution < -0.4 is 5.56 Å². The smallest absolute Gasteiger partial charge is 0.274 e. The van der Waals surface area contributed by atoms with E-state index in [1.807, 2.05) is 20.8 Å². The highest BCUT2D eigenvalue weighted by atomic mass is 16.5. The van der Waals surface area contributed by atoms with Crippen LogP contribution >= 0.6 is 0 Å². The largest absolute Gasteiger partial charge is 0.372 e. The van der Waals surface area contributed by atoms with E-state index in [4.69, 9.17) is 4.74 Å². The number of aryl methyl sites for hydroxylation is 1. The van der Waals surface area contributed by atoms with E-state index in [1.54, 1.807) is 4.90 Å². The number of aromatic nitrogens is 2. The molecule has 2 heterocycles. The Morgan fingerprint density at radius 3 is 2.58 bits per heavy atom. The van der Waals surface area contributed by atoms with E-state index in [1.165, 1.54) is 16.8 Å². The molecule has 0 saturated carbocycles. The maximum absolute atomic E-state index is 12.4. The lowest BCUT2D eigenvalue weighted by atomic mass is 10.2. The number of rotatable bonds is 2. The molecule has 1 saturated heterocycles. The van der Waals surface area contributed by atoms with Crippen molar-refractivity contribution in [3.8, 4) is 0 Å². The molecular weight excluding hydrogens is 246 g/mol. The Morgan fingerprint density at radius 2 is 2.00 bits per heavy atom. The average molecular weight is 265 g/mol. The molecule has 2 atom stereocenters. The molecular formula is C13H19N3O3. The van der Waals surface area contributed by atoms with Gasteiger partial charge in [0.25, 0.3) is 11.5 Å². The van der Waals surface area contributed by atoms with Crippen LogP contribution in [0.25, 0.3) is 0 Å². The second-order valence-corrected chi connectivity index (χ2v) is 4.84. The molecule has 104 valence electrons. The molecule has 0 spiro atoms. The van der Waals surface area contributed by atoms with Gasteiger partial charge in [0.1, 0.15) is 5.69 Å². The summed E-state index contributed by atoms with van der Waals surface area (Å²) in [5.41, 5.74) is 0.116. The van der Waals surface area contributed by atoms with E-state index in [9.17, 15) is 9.59 Å². The number of hydrogen-bond acceptors (Lipinski definition) is 4. The molecule has 0 N–H and O–H groups in total. The summed E-state index contributed by atoms with van der Waals surface area (Å²) in [6, 6.07) is 2.87. The Hall–Kier alpha value is -1.69. The maximum atomic E-state index is 12.4. The third-order valence-corrected chi connectivity index (χ3v) is 3.09. The third kappa shape index (κ3) is 3.01. The Morgan fingerprint density at radius 1 is 1.37 bits per heavy atom. The highest BCUT2D eigenvalue weighted by molar-refractivity contribution is 5.92. The van der Waals surface area contributed by atoms with E-state index < -0.39 is 0 Å². The fourth-order valence-corrected chi connectivity index (χ4v) is 2.30. The van der Waals surface area contributed by atoms with Crippen LogP contribution in [-0.2, 0) is 11.3 Å². The summed E-state index contributed by atoms with van der Waals surface area (Å²) in [5, 5.41) is 4.09. The van der Waals surface area contributed by atoms with E-state index in [0.29, 0.717) is 25.3 Å². The molecule has 0 aromatic carbocycles. The quantitative estimate of drug-likeness (QED) is 0.781. The zero-order valence-electron chi connectivity index (χ0n) is 11.5. The highest BCUT2D eigenvalue weighted by Gasteiger charge is 2.27. The van der Waals surface area contributed by atoms with Crippen molar-refractivity contribution < 1.29 is 9.53 Å². The van der Waals surface area contributed by atoms with Gasteiger partial charge in [-0.15, -0.1) is 0 Å². The van der Waals surface area contributed by atoms with Crippen molar-refractivity contribution in [1.29, 1.82) is 0 Å². The standard InChI is InChI=1S/C13H19N3O3/c1-4-16-12(17)6-5-11(14-16)13(18)15-7-9(2)19-10(3)8-15/h5-6,9-10H,4,7-8H2,1-3H3. The Bertz CT molecular complexity index is 516. The normalized spacial score (nSPS) is 23.4. The molecule has 1 fully saturated rings. The van der Waals surface area contributed by atoms with Crippen LogP contribution in [0.4, 0.5) is 0 Å². The SMILES string of the molecule is CCn1nc(C(=O)N2CC(C)OC(C)C2)ccc1=O. The summed E-state index contributed by atoms with van der Waals surface area (Å²) in [5.74, 6) is -0.149. The molecule has 1 amide bonds. The van der Waals surface area contributed by atoms with Gasteiger partial charge in [-0.25, -0.2) is 4.68 Å². The van der Waals surface area contributed by atoms with Gasteiger partial charge in [-0.2, -0.15) is 5.10 Å².